The van der Waals surface area contributed by atoms with Crippen molar-refractivity contribution >= 4 is 17.5 Å². The topological polar surface area (TPSA) is 94.6 Å². The predicted octanol–water partition coefficient (Wildman–Crippen LogP) is 2.30. The average Bonchev–Trinajstić information content (AvgIpc) is 3.16. The van der Waals surface area contributed by atoms with Crippen LogP contribution in [0.5, 0.6) is 17.2 Å². The number of morpholine rings is 1. The molecule has 2 unspecified atom stereocenters. The van der Waals surface area contributed by atoms with Gasteiger partial charge in [0.05, 0.1) is 40.6 Å². The standard InChI is InChI=1S/C27H32N2O7/c1-17-15-19(33-2)6-7-20(17)25(30)23-24(18-5-8-21(34-3)22(16-18)35-4)29(27(32)26(23)31)10-9-28-11-13-36-14-12-28/h5-8,15-16,23-24H,9-14H2,1-4H3. The van der Waals surface area contributed by atoms with E-state index >= 15 is 0 Å². The summed E-state index contributed by atoms with van der Waals surface area (Å²) in [6.07, 6.45) is 0. The molecule has 2 aromatic rings. The fraction of sp³-hybridized carbons (Fsp3) is 0.444. The van der Waals surface area contributed by atoms with Crippen LogP contribution in [-0.4, -0.2) is 88.0 Å². The van der Waals surface area contributed by atoms with Gasteiger partial charge >= 0.3 is 0 Å². The Bertz CT molecular complexity index is 1140. The van der Waals surface area contributed by atoms with Gasteiger partial charge in [-0.25, -0.2) is 0 Å². The molecular formula is C27H32N2O7. The molecule has 2 aliphatic heterocycles. The highest BCUT2D eigenvalue weighted by Gasteiger charge is 2.51. The second kappa shape index (κ2) is 11.1. The van der Waals surface area contributed by atoms with Crippen LogP contribution in [0.15, 0.2) is 36.4 Å². The first-order valence-electron chi connectivity index (χ1n) is 11.9. The maximum absolute atomic E-state index is 13.8. The first-order chi connectivity index (χ1) is 17.4. The fourth-order valence-electron chi connectivity index (χ4n) is 4.92. The Morgan fingerprint density at radius 1 is 0.944 bits per heavy atom. The SMILES string of the molecule is COc1ccc(C(=O)C2C(=O)C(=O)N(CCN3CCOCC3)C2c2ccc(OC)c(OC)c2)c(C)c1. The minimum Gasteiger partial charge on any atom is -0.497 e. The van der Waals surface area contributed by atoms with Crippen LogP contribution in [0.1, 0.15) is 27.5 Å². The fourth-order valence-corrected chi connectivity index (χ4v) is 4.92. The molecule has 0 saturated carbocycles. The Balaban J connectivity index is 1.73. The van der Waals surface area contributed by atoms with E-state index in [9.17, 15) is 14.4 Å². The van der Waals surface area contributed by atoms with Crippen LogP contribution >= 0.6 is 0 Å². The molecule has 2 saturated heterocycles. The lowest BCUT2D eigenvalue weighted by atomic mass is 9.85. The quantitative estimate of drug-likeness (QED) is 0.297. The number of benzene rings is 2. The number of rotatable bonds is 9. The Kier molecular flexibility index (Phi) is 7.91. The van der Waals surface area contributed by atoms with Crippen LogP contribution < -0.4 is 14.2 Å². The van der Waals surface area contributed by atoms with Crippen LogP contribution in [0.3, 0.4) is 0 Å². The number of aryl methyl sites for hydroxylation is 1. The van der Waals surface area contributed by atoms with Gasteiger partial charge in [-0.05, 0) is 48.4 Å². The van der Waals surface area contributed by atoms with Gasteiger partial charge < -0.3 is 23.8 Å². The molecule has 2 aliphatic rings. The van der Waals surface area contributed by atoms with Gasteiger partial charge in [0.15, 0.2) is 17.3 Å². The van der Waals surface area contributed by atoms with Crippen molar-refractivity contribution in [2.45, 2.75) is 13.0 Å². The third kappa shape index (κ3) is 4.94. The first-order valence-corrected chi connectivity index (χ1v) is 11.9. The van der Waals surface area contributed by atoms with Crippen molar-refractivity contribution in [2.75, 3.05) is 60.7 Å². The molecule has 2 aromatic carbocycles. The minimum absolute atomic E-state index is 0.314. The zero-order valence-electron chi connectivity index (χ0n) is 21.1. The maximum Gasteiger partial charge on any atom is 0.291 e. The lowest BCUT2D eigenvalue weighted by Crippen LogP contribution is -2.42. The number of ketones is 2. The second-order valence-electron chi connectivity index (χ2n) is 8.90. The highest BCUT2D eigenvalue weighted by atomic mass is 16.5. The summed E-state index contributed by atoms with van der Waals surface area (Å²) in [5.41, 5.74) is 1.71. The van der Waals surface area contributed by atoms with Crippen molar-refractivity contribution in [3.8, 4) is 17.2 Å². The number of ether oxygens (including phenoxy) is 4. The van der Waals surface area contributed by atoms with Crippen molar-refractivity contribution in [3.05, 3.63) is 53.1 Å². The molecule has 0 radical (unpaired) electrons. The molecule has 9 heteroatoms. The summed E-state index contributed by atoms with van der Waals surface area (Å²) in [7, 11) is 4.61. The molecule has 192 valence electrons. The van der Waals surface area contributed by atoms with E-state index in [0.717, 1.165) is 13.1 Å². The monoisotopic (exact) mass is 496 g/mol. The van der Waals surface area contributed by atoms with E-state index in [1.165, 1.54) is 19.1 Å². The first kappa shape index (κ1) is 25.7. The summed E-state index contributed by atoms with van der Waals surface area (Å²) < 4.78 is 21.5. The highest BCUT2D eigenvalue weighted by molar-refractivity contribution is 6.44. The number of nitrogens with zero attached hydrogens (tertiary/aromatic N) is 2. The van der Waals surface area contributed by atoms with Crippen LogP contribution in [-0.2, 0) is 14.3 Å². The molecule has 0 bridgehead atoms. The van der Waals surface area contributed by atoms with Gasteiger partial charge in [0, 0.05) is 31.7 Å². The van der Waals surface area contributed by atoms with Crippen molar-refractivity contribution < 1.29 is 33.3 Å². The summed E-state index contributed by atoms with van der Waals surface area (Å²) in [5, 5.41) is 0. The minimum atomic E-state index is -1.17. The Morgan fingerprint density at radius 3 is 2.31 bits per heavy atom. The normalized spacial score (nSPS) is 20.5. The summed E-state index contributed by atoms with van der Waals surface area (Å²) in [5.74, 6) is -1.31. The third-order valence-electron chi connectivity index (χ3n) is 6.90. The Labute approximate surface area is 210 Å². The number of amides is 1. The van der Waals surface area contributed by atoms with Crippen LogP contribution in [0.4, 0.5) is 0 Å². The van der Waals surface area contributed by atoms with E-state index < -0.39 is 23.7 Å². The maximum atomic E-state index is 13.8. The van der Waals surface area contributed by atoms with E-state index in [1.54, 1.807) is 50.4 Å². The predicted molar refractivity (Wildman–Crippen MR) is 132 cm³/mol. The highest BCUT2D eigenvalue weighted by Crippen LogP contribution is 2.41. The van der Waals surface area contributed by atoms with E-state index in [4.69, 9.17) is 18.9 Å². The van der Waals surface area contributed by atoms with E-state index in [2.05, 4.69) is 4.90 Å². The van der Waals surface area contributed by atoms with Gasteiger partial charge in [0.25, 0.3) is 5.91 Å². The summed E-state index contributed by atoms with van der Waals surface area (Å²) in [4.78, 5) is 44.2. The summed E-state index contributed by atoms with van der Waals surface area (Å²) in [6.45, 7) is 5.45. The number of likely N-dealkylation sites (tertiary alicyclic amines) is 1. The zero-order chi connectivity index (χ0) is 25.8. The molecule has 0 aromatic heterocycles. The van der Waals surface area contributed by atoms with Gasteiger partial charge in [-0.3, -0.25) is 19.3 Å². The summed E-state index contributed by atoms with van der Waals surface area (Å²) >= 11 is 0. The number of hydrogen-bond acceptors (Lipinski definition) is 8. The van der Waals surface area contributed by atoms with E-state index in [1.807, 2.05) is 0 Å². The van der Waals surface area contributed by atoms with Crippen molar-refractivity contribution in [2.24, 2.45) is 5.92 Å². The molecule has 0 N–H and O–H groups in total. The van der Waals surface area contributed by atoms with Gasteiger partial charge in [-0.1, -0.05) is 6.07 Å². The van der Waals surface area contributed by atoms with E-state index in [-0.39, 0.29) is 5.78 Å². The molecule has 2 fully saturated rings. The summed E-state index contributed by atoms with van der Waals surface area (Å²) in [6, 6.07) is 9.55. The molecule has 2 heterocycles. The Morgan fingerprint density at radius 2 is 1.67 bits per heavy atom. The third-order valence-corrected chi connectivity index (χ3v) is 6.90. The van der Waals surface area contributed by atoms with Gasteiger partial charge in [-0.15, -0.1) is 0 Å². The number of Topliss-reactive ketones (excluding diaryl/α,β-unsaturated/α-hetero) is 2. The average molecular weight is 497 g/mol. The smallest absolute Gasteiger partial charge is 0.291 e. The van der Waals surface area contributed by atoms with Crippen LogP contribution in [0, 0.1) is 12.8 Å². The van der Waals surface area contributed by atoms with Crippen LogP contribution in [0.2, 0.25) is 0 Å². The number of methoxy groups -OCH3 is 3. The van der Waals surface area contributed by atoms with Gasteiger partial charge in [0.2, 0.25) is 5.78 Å². The second-order valence-corrected chi connectivity index (χ2v) is 8.90. The lowest BCUT2D eigenvalue weighted by molar-refractivity contribution is -0.141. The molecule has 1 amide bonds. The number of carbonyl (C=O) groups is 3. The van der Waals surface area contributed by atoms with Gasteiger partial charge in [-0.2, -0.15) is 0 Å². The molecular weight excluding hydrogens is 464 g/mol. The molecule has 2 atom stereocenters. The largest absolute Gasteiger partial charge is 0.497 e. The number of hydrogen-bond donors (Lipinski definition) is 0. The molecule has 0 aliphatic carbocycles. The molecule has 9 nitrogen and oxygen atoms in total. The lowest BCUT2D eigenvalue weighted by Gasteiger charge is -2.32. The molecule has 36 heavy (non-hydrogen) atoms. The van der Waals surface area contributed by atoms with Crippen molar-refractivity contribution in [1.82, 2.24) is 9.80 Å². The van der Waals surface area contributed by atoms with Crippen molar-refractivity contribution in [1.29, 1.82) is 0 Å². The zero-order valence-corrected chi connectivity index (χ0v) is 21.1. The number of carbonyl (C=O) groups excluding carboxylic acids is 3. The molecule has 0 spiro atoms. The Hall–Kier alpha value is -3.43. The van der Waals surface area contributed by atoms with Crippen molar-refractivity contribution in [3.63, 3.8) is 0 Å². The van der Waals surface area contributed by atoms with E-state index in [0.29, 0.717) is 60.2 Å². The van der Waals surface area contributed by atoms with Crippen LogP contribution in [0.25, 0.3) is 0 Å². The van der Waals surface area contributed by atoms with Gasteiger partial charge in [0.1, 0.15) is 11.7 Å². The molecule has 4 rings (SSSR count).